The van der Waals surface area contributed by atoms with Crippen molar-refractivity contribution in [2.24, 2.45) is 0 Å². The summed E-state index contributed by atoms with van der Waals surface area (Å²) in [5.74, 6) is 0. The number of hydrogen-bond acceptors (Lipinski definition) is 0. The summed E-state index contributed by atoms with van der Waals surface area (Å²) >= 11 is 0. The second-order valence-corrected chi connectivity index (χ2v) is 0. The predicted molar refractivity (Wildman–Crippen MR) is 37.3 cm³/mol. The summed E-state index contributed by atoms with van der Waals surface area (Å²) in [7, 11) is 0. The minimum Gasteiger partial charge on any atom is -0.358 e. The minimum atomic E-state index is 0. The van der Waals surface area contributed by atoms with Crippen LogP contribution in [-0.4, -0.2) is 11.0 Å². The number of halogens is 2. The van der Waals surface area contributed by atoms with Gasteiger partial charge in [0.1, 0.15) is 0 Å². The molecule has 0 aliphatic heterocycles. The first-order valence-electron chi connectivity index (χ1n) is 0. The molecule has 0 nitrogen and oxygen atoms in total. The van der Waals surface area contributed by atoms with Crippen LogP contribution in [0.1, 0.15) is 0 Å². The third-order valence-corrected chi connectivity index (χ3v) is 0. The Kier molecular flexibility index (Phi) is 1550. The van der Waals surface area contributed by atoms with E-state index in [4.69, 9.17) is 0 Å². The zero-order valence-corrected chi connectivity index (χ0v) is 10.4. The Balaban J connectivity index is 0. The largest absolute Gasteiger partial charge is 2.00 e. The van der Waals surface area contributed by atoms with E-state index in [0.717, 1.165) is 0 Å². The molecule has 0 saturated carbocycles. The third-order valence-electron chi connectivity index (χ3n) is 0. The van der Waals surface area contributed by atoms with Crippen LogP contribution in [0.15, 0.2) is 0 Å². The Hall–Kier alpha value is 1.68. The van der Waals surface area contributed by atoms with Crippen LogP contribution in [0.5, 0.6) is 0 Å². The average Bonchev–Trinajstić information content (AvgIpc) is 0. The first kappa shape index (κ1) is 121. The van der Waals surface area contributed by atoms with Gasteiger partial charge in [0.15, 0.2) is 0 Å². The maximum Gasteiger partial charge on any atom is 2.00 e. The second-order valence-electron chi connectivity index (χ2n) is 0. The summed E-state index contributed by atoms with van der Waals surface area (Å²) < 4.78 is 0. The Morgan fingerprint density at radius 2 is 0.667 bits per heavy atom. The first-order valence-corrected chi connectivity index (χ1v) is 0. The van der Waals surface area contributed by atoms with Crippen molar-refractivity contribution in [3.63, 3.8) is 0 Å². The van der Waals surface area contributed by atoms with Gasteiger partial charge in [-0.1, -0.05) is 0 Å². The molecular formula is C2H11Cl2SiZr. The van der Waals surface area contributed by atoms with Crippen LogP contribution in [0.3, 0.4) is 0 Å². The number of rotatable bonds is 0. The van der Waals surface area contributed by atoms with Gasteiger partial charge in [0.25, 0.3) is 0 Å². The van der Waals surface area contributed by atoms with Crippen molar-refractivity contribution in [3.05, 3.63) is 14.9 Å². The molecule has 0 aromatic heterocycles. The molecule has 0 bridgehead atoms. The van der Waals surface area contributed by atoms with E-state index in [1.165, 1.54) is 0 Å². The topological polar surface area (TPSA) is 0 Å². The van der Waals surface area contributed by atoms with Crippen molar-refractivity contribution >= 4 is 35.8 Å². The monoisotopic (exact) mass is 223 g/mol. The van der Waals surface area contributed by atoms with Gasteiger partial charge in [-0.05, 0) is 11.0 Å². The van der Waals surface area contributed by atoms with Gasteiger partial charge in [-0.25, -0.2) is 0 Å². The molecule has 0 N–H and O–H groups in total. The minimum absolute atomic E-state index is 0. The standard InChI is InChI=1S/2CH3.2ClH.H3Si.Zr/h2*1H3;2*1H;1H3;/q2*-1;;;;+2. The van der Waals surface area contributed by atoms with Crippen LogP contribution in [-0.2, 0) is 26.2 Å². The van der Waals surface area contributed by atoms with E-state index >= 15 is 0 Å². The average molecular weight is 225 g/mol. The van der Waals surface area contributed by atoms with Crippen molar-refractivity contribution in [1.29, 1.82) is 0 Å². The molecule has 0 fully saturated rings. The zero-order valence-electron chi connectivity index (χ0n) is 4.32. The fraction of sp³-hybridized carbons (Fsp3) is 0. The molecule has 0 aliphatic carbocycles. The van der Waals surface area contributed by atoms with Gasteiger partial charge >= 0.3 is 26.2 Å². The molecule has 0 atom stereocenters. The van der Waals surface area contributed by atoms with E-state index in [1.807, 2.05) is 0 Å². The number of hydrogen-bond donors (Lipinski definition) is 0. The quantitative estimate of drug-likeness (QED) is 0.417. The fourth-order valence-electron chi connectivity index (χ4n) is 0. The molecule has 1 radical (unpaired) electrons. The zero-order chi connectivity index (χ0) is 0. The van der Waals surface area contributed by atoms with Crippen molar-refractivity contribution < 1.29 is 26.2 Å². The molecule has 0 aliphatic rings. The van der Waals surface area contributed by atoms with Crippen molar-refractivity contribution in [3.8, 4) is 0 Å². The summed E-state index contributed by atoms with van der Waals surface area (Å²) in [4.78, 5) is 0. The van der Waals surface area contributed by atoms with E-state index < -0.39 is 0 Å². The summed E-state index contributed by atoms with van der Waals surface area (Å²) in [6.45, 7) is 0. The molecule has 0 amide bonds. The van der Waals surface area contributed by atoms with Gasteiger partial charge in [-0.2, -0.15) is 0 Å². The molecule has 0 heterocycles. The van der Waals surface area contributed by atoms with Crippen LogP contribution in [0.2, 0.25) is 0 Å². The molecule has 41 valence electrons. The Morgan fingerprint density at radius 1 is 0.667 bits per heavy atom. The van der Waals surface area contributed by atoms with Crippen molar-refractivity contribution in [2.45, 2.75) is 0 Å². The summed E-state index contributed by atoms with van der Waals surface area (Å²) in [5.41, 5.74) is 0. The maximum absolute atomic E-state index is 0. The van der Waals surface area contributed by atoms with Crippen LogP contribution < -0.4 is 0 Å². The Bertz CT molecular complexity index is 11.5. The van der Waals surface area contributed by atoms with Crippen LogP contribution in [0.4, 0.5) is 0 Å². The normalized spacial score (nSPS) is 0. The summed E-state index contributed by atoms with van der Waals surface area (Å²) in [6, 6.07) is 0. The van der Waals surface area contributed by atoms with Gasteiger partial charge in [0.2, 0.25) is 0 Å². The van der Waals surface area contributed by atoms with Gasteiger partial charge in [0, 0.05) is 0 Å². The summed E-state index contributed by atoms with van der Waals surface area (Å²) in [5, 5.41) is 0. The van der Waals surface area contributed by atoms with E-state index in [1.54, 1.807) is 0 Å². The molecule has 0 saturated heterocycles. The fourth-order valence-corrected chi connectivity index (χ4v) is 0. The van der Waals surface area contributed by atoms with Crippen LogP contribution in [0.25, 0.3) is 0 Å². The maximum atomic E-state index is 0. The molecule has 0 aromatic carbocycles. The summed E-state index contributed by atoms with van der Waals surface area (Å²) in [6.07, 6.45) is 0. The van der Waals surface area contributed by atoms with Crippen molar-refractivity contribution in [2.75, 3.05) is 0 Å². The predicted octanol–water partition coefficient (Wildman–Crippen LogP) is 0.558. The Morgan fingerprint density at radius 3 is 0.667 bits per heavy atom. The molecule has 6 heavy (non-hydrogen) atoms. The second kappa shape index (κ2) is 76.4. The first-order chi connectivity index (χ1) is 0. The van der Waals surface area contributed by atoms with Crippen LogP contribution >= 0.6 is 24.8 Å². The molecule has 4 heteroatoms. The van der Waals surface area contributed by atoms with Crippen molar-refractivity contribution in [1.82, 2.24) is 0 Å². The molecular weight excluding hydrogens is 214 g/mol. The van der Waals surface area contributed by atoms with E-state index in [-0.39, 0.29) is 76.8 Å². The third kappa shape index (κ3) is 44.1. The molecule has 0 aromatic rings. The van der Waals surface area contributed by atoms with Crippen LogP contribution in [0, 0.1) is 14.9 Å². The smallest absolute Gasteiger partial charge is 0.358 e. The van der Waals surface area contributed by atoms with E-state index in [0.29, 0.717) is 0 Å². The van der Waals surface area contributed by atoms with Gasteiger partial charge in [0.05, 0.1) is 0 Å². The van der Waals surface area contributed by atoms with E-state index in [9.17, 15) is 0 Å². The van der Waals surface area contributed by atoms with Gasteiger partial charge < -0.3 is 14.9 Å². The van der Waals surface area contributed by atoms with E-state index in [2.05, 4.69) is 0 Å². The Labute approximate surface area is 76.4 Å². The molecule has 0 unspecified atom stereocenters. The molecule has 0 spiro atoms. The van der Waals surface area contributed by atoms with Gasteiger partial charge in [-0.15, -0.1) is 24.8 Å². The van der Waals surface area contributed by atoms with Gasteiger partial charge in [-0.3, -0.25) is 0 Å². The molecule has 0 rings (SSSR count). The SMILES string of the molecule is Cl.Cl.[CH3-].[CH3-].[SiH3].[Zr+2].